The molecule has 1 heteroatoms. The first-order valence-corrected chi connectivity index (χ1v) is 4.68. The van der Waals surface area contributed by atoms with Crippen LogP contribution in [0.25, 0.3) is 0 Å². The van der Waals surface area contributed by atoms with Gasteiger partial charge in [-0.05, 0) is 31.3 Å². The zero-order valence-electron chi connectivity index (χ0n) is 7.29. The summed E-state index contributed by atoms with van der Waals surface area (Å²) in [7, 11) is 0. The Labute approximate surface area is 73.6 Å². The molecule has 0 saturated heterocycles. The van der Waals surface area contributed by atoms with Crippen molar-refractivity contribution in [2.24, 2.45) is 5.73 Å². The Bertz CT molecular complexity index is 258. The van der Waals surface area contributed by atoms with Crippen LogP contribution in [-0.4, -0.2) is 6.04 Å². The van der Waals surface area contributed by atoms with E-state index < -0.39 is 0 Å². The average Bonchev–Trinajstić information content (AvgIpc) is 2.30. The van der Waals surface area contributed by atoms with Crippen LogP contribution in [0.2, 0.25) is 0 Å². The van der Waals surface area contributed by atoms with Crippen molar-refractivity contribution in [1.29, 1.82) is 0 Å². The molecule has 2 rings (SSSR count). The van der Waals surface area contributed by atoms with Gasteiger partial charge in [0.15, 0.2) is 0 Å². The van der Waals surface area contributed by atoms with Crippen LogP contribution in [-0.2, 0) is 0 Å². The fourth-order valence-corrected chi connectivity index (χ4v) is 2.01. The van der Waals surface area contributed by atoms with Gasteiger partial charge in [0.2, 0.25) is 0 Å². The number of rotatable bonds is 0. The first kappa shape index (κ1) is 7.81. The third-order valence-electron chi connectivity index (χ3n) is 2.69. The van der Waals surface area contributed by atoms with E-state index in [9.17, 15) is 0 Å². The molecule has 0 aromatic carbocycles. The zero-order chi connectivity index (χ0) is 8.39. The summed E-state index contributed by atoms with van der Waals surface area (Å²) in [5.74, 6) is 0. The SMILES string of the molecule is NC1CCCC2=C1C=CC=CC2. The predicted molar refractivity (Wildman–Crippen MR) is 51.7 cm³/mol. The molecule has 1 unspecified atom stereocenters. The molecule has 12 heavy (non-hydrogen) atoms. The second-order valence-electron chi connectivity index (χ2n) is 3.55. The maximum Gasteiger partial charge on any atom is 0.0294 e. The van der Waals surface area contributed by atoms with E-state index in [2.05, 4.69) is 24.3 Å². The summed E-state index contributed by atoms with van der Waals surface area (Å²) in [6, 6.07) is 0.296. The van der Waals surface area contributed by atoms with Gasteiger partial charge in [0, 0.05) is 6.04 Å². The van der Waals surface area contributed by atoms with Crippen LogP contribution in [0.3, 0.4) is 0 Å². The fourth-order valence-electron chi connectivity index (χ4n) is 2.01. The Balaban J connectivity index is 2.32. The molecule has 1 nitrogen and oxygen atoms in total. The van der Waals surface area contributed by atoms with Gasteiger partial charge in [-0.1, -0.05) is 29.9 Å². The van der Waals surface area contributed by atoms with Gasteiger partial charge in [0.25, 0.3) is 0 Å². The van der Waals surface area contributed by atoms with Crippen molar-refractivity contribution in [2.75, 3.05) is 0 Å². The number of hydrogen-bond donors (Lipinski definition) is 1. The first-order valence-electron chi connectivity index (χ1n) is 4.68. The molecule has 0 aromatic heterocycles. The van der Waals surface area contributed by atoms with Gasteiger partial charge in [0.05, 0.1) is 0 Å². The molecule has 0 spiro atoms. The Hall–Kier alpha value is -0.820. The highest BCUT2D eigenvalue weighted by atomic mass is 14.6. The molecule has 2 aliphatic carbocycles. The van der Waals surface area contributed by atoms with E-state index in [1.54, 1.807) is 5.57 Å². The molecule has 2 aliphatic rings. The molecule has 0 amide bonds. The Morgan fingerprint density at radius 1 is 1.33 bits per heavy atom. The topological polar surface area (TPSA) is 26.0 Å². The number of nitrogens with two attached hydrogens (primary N) is 1. The van der Waals surface area contributed by atoms with E-state index in [0.29, 0.717) is 6.04 Å². The molecular formula is C11H15N. The van der Waals surface area contributed by atoms with E-state index >= 15 is 0 Å². The van der Waals surface area contributed by atoms with E-state index in [-0.39, 0.29) is 0 Å². The summed E-state index contributed by atoms with van der Waals surface area (Å²) in [6.45, 7) is 0. The van der Waals surface area contributed by atoms with Gasteiger partial charge in [-0.2, -0.15) is 0 Å². The van der Waals surface area contributed by atoms with Gasteiger partial charge in [0.1, 0.15) is 0 Å². The van der Waals surface area contributed by atoms with Gasteiger partial charge < -0.3 is 5.73 Å². The first-order chi connectivity index (χ1) is 5.88. The molecule has 2 N–H and O–H groups in total. The van der Waals surface area contributed by atoms with Crippen molar-refractivity contribution in [3.63, 3.8) is 0 Å². The summed E-state index contributed by atoms with van der Waals surface area (Å²) in [4.78, 5) is 0. The van der Waals surface area contributed by atoms with E-state index in [0.717, 1.165) is 12.8 Å². The highest BCUT2D eigenvalue weighted by molar-refractivity contribution is 5.37. The minimum Gasteiger partial charge on any atom is -0.324 e. The summed E-state index contributed by atoms with van der Waals surface area (Å²) < 4.78 is 0. The lowest BCUT2D eigenvalue weighted by atomic mass is 9.87. The maximum atomic E-state index is 6.02. The summed E-state index contributed by atoms with van der Waals surface area (Å²) in [5.41, 5.74) is 8.97. The fraction of sp³-hybridized carbons (Fsp3) is 0.455. The highest BCUT2D eigenvalue weighted by Gasteiger charge is 2.17. The van der Waals surface area contributed by atoms with Gasteiger partial charge in [-0.25, -0.2) is 0 Å². The largest absolute Gasteiger partial charge is 0.324 e. The lowest BCUT2D eigenvalue weighted by Crippen LogP contribution is -2.25. The predicted octanol–water partition coefficient (Wildman–Crippen LogP) is 2.31. The van der Waals surface area contributed by atoms with Crippen molar-refractivity contribution in [3.05, 3.63) is 35.5 Å². The van der Waals surface area contributed by atoms with Crippen molar-refractivity contribution in [1.82, 2.24) is 0 Å². The van der Waals surface area contributed by atoms with E-state index in [1.165, 1.54) is 18.4 Å². The molecule has 0 bridgehead atoms. The third-order valence-corrected chi connectivity index (χ3v) is 2.69. The Kier molecular flexibility index (Phi) is 2.13. The summed E-state index contributed by atoms with van der Waals surface area (Å²) in [5, 5.41) is 0. The molecule has 64 valence electrons. The lowest BCUT2D eigenvalue weighted by Gasteiger charge is -2.22. The maximum absolute atomic E-state index is 6.02. The van der Waals surface area contributed by atoms with Crippen molar-refractivity contribution in [3.8, 4) is 0 Å². The van der Waals surface area contributed by atoms with Gasteiger partial charge in [-0.15, -0.1) is 0 Å². The second kappa shape index (κ2) is 3.28. The second-order valence-corrected chi connectivity index (χ2v) is 3.55. The van der Waals surface area contributed by atoms with E-state index in [1.807, 2.05) is 0 Å². The number of hydrogen-bond acceptors (Lipinski definition) is 1. The standard InChI is InChI=1S/C11H15N/c12-11-8-4-6-9-5-2-1-3-7-10(9)11/h1-3,7,11H,4-6,8,12H2. The molecule has 1 atom stereocenters. The van der Waals surface area contributed by atoms with Crippen LogP contribution in [0.15, 0.2) is 35.5 Å². The Morgan fingerprint density at radius 3 is 3.17 bits per heavy atom. The molecule has 0 aliphatic heterocycles. The van der Waals surface area contributed by atoms with Crippen LogP contribution in [0.1, 0.15) is 25.7 Å². The molecular weight excluding hydrogens is 146 g/mol. The van der Waals surface area contributed by atoms with Crippen molar-refractivity contribution >= 4 is 0 Å². The van der Waals surface area contributed by atoms with Crippen LogP contribution in [0.4, 0.5) is 0 Å². The minimum absolute atomic E-state index is 0.296. The van der Waals surface area contributed by atoms with Crippen LogP contribution >= 0.6 is 0 Å². The molecule has 0 radical (unpaired) electrons. The quantitative estimate of drug-likeness (QED) is 0.579. The average molecular weight is 161 g/mol. The molecule has 0 aromatic rings. The monoisotopic (exact) mass is 161 g/mol. The van der Waals surface area contributed by atoms with Crippen molar-refractivity contribution in [2.45, 2.75) is 31.7 Å². The minimum atomic E-state index is 0.296. The smallest absolute Gasteiger partial charge is 0.0294 e. The summed E-state index contributed by atoms with van der Waals surface area (Å²) >= 11 is 0. The van der Waals surface area contributed by atoms with Crippen molar-refractivity contribution < 1.29 is 0 Å². The van der Waals surface area contributed by atoms with Crippen LogP contribution < -0.4 is 5.73 Å². The van der Waals surface area contributed by atoms with Crippen LogP contribution in [0, 0.1) is 0 Å². The molecule has 0 fully saturated rings. The third kappa shape index (κ3) is 1.37. The molecule has 0 heterocycles. The van der Waals surface area contributed by atoms with Crippen LogP contribution in [0.5, 0.6) is 0 Å². The lowest BCUT2D eigenvalue weighted by molar-refractivity contribution is 0.599. The van der Waals surface area contributed by atoms with E-state index in [4.69, 9.17) is 5.73 Å². The molecule has 0 saturated carbocycles. The van der Waals surface area contributed by atoms with Gasteiger partial charge in [-0.3, -0.25) is 0 Å². The van der Waals surface area contributed by atoms with Gasteiger partial charge >= 0.3 is 0 Å². The number of allylic oxidation sites excluding steroid dienone is 4. The summed E-state index contributed by atoms with van der Waals surface area (Å²) in [6.07, 6.45) is 13.4. The zero-order valence-corrected chi connectivity index (χ0v) is 7.29. The highest BCUT2D eigenvalue weighted by Crippen LogP contribution is 2.28. The normalized spacial score (nSPS) is 28.6. The Morgan fingerprint density at radius 2 is 2.25 bits per heavy atom.